The fourth-order valence-electron chi connectivity index (χ4n) is 2.77. The minimum Gasteiger partial charge on any atom is -0.341 e. The molecule has 1 aliphatic heterocycles. The van der Waals surface area contributed by atoms with E-state index in [0.29, 0.717) is 11.8 Å². The number of halogens is 1. The topological polar surface area (TPSA) is 46.3 Å². The molecule has 3 fully saturated rings. The molecule has 15 heavy (non-hydrogen) atoms. The molecule has 1 saturated heterocycles. The minimum atomic E-state index is 0. The lowest BCUT2D eigenvalue weighted by molar-refractivity contribution is -0.131. The first kappa shape index (κ1) is 11.2. The number of nitrogens with zero attached hydrogens (tertiary/aromatic N) is 1. The van der Waals surface area contributed by atoms with E-state index in [1.165, 1.54) is 12.8 Å². The van der Waals surface area contributed by atoms with Crippen molar-refractivity contribution in [2.75, 3.05) is 13.1 Å². The van der Waals surface area contributed by atoms with Crippen molar-refractivity contribution in [3.63, 3.8) is 0 Å². The Hall–Kier alpha value is -0.280. The van der Waals surface area contributed by atoms with Gasteiger partial charge in [0.2, 0.25) is 5.91 Å². The lowest BCUT2D eigenvalue weighted by Gasteiger charge is -2.15. The maximum atomic E-state index is 12.0. The molecule has 1 amide bonds. The number of likely N-dealkylation sites (tertiary alicyclic amines) is 1. The number of carbonyl (C=O) groups excluding carboxylic acids is 1. The molecule has 3 rings (SSSR count). The van der Waals surface area contributed by atoms with Gasteiger partial charge in [0, 0.05) is 25.0 Å². The highest BCUT2D eigenvalue weighted by Crippen LogP contribution is 2.55. The summed E-state index contributed by atoms with van der Waals surface area (Å²) in [4.78, 5) is 14.0. The van der Waals surface area contributed by atoms with Gasteiger partial charge in [-0.05, 0) is 37.5 Å². The summed E-state index contributed by atoms with van der Waals surface area (Å²) in [6.45, 7) is 1.70. The van der Waals surface area contributed by atoms with Crippen LogP contribution in [0.15, 0.2) is 0 Å². The largest absolute Gasteiger partial charge is 0.341 e. The van der Waals surface area contributed by atoms with Crippen molar-refractivity contribution in [3.8, 4) is 0 Å². The Morgan fingerprint density at radius 2 is 2.00 bits per heavy atom. The molecule has 0 radical (unpaired) electrons. The van der Waals surface area contributed by atoms with Crippen LogP contribution >= 0.6 is 12.4 Å². The molecule has 3 aliphatic rings. The molecule has 0 spiro atoms. The van der Waals surface area contributed by atoms with E-state index in [2.05, 4.69) is 0 Å². The van der Waals surface area contributed by atoms with Crippen LogP contribution in [0, 0.1) is 17.8 Å². The molecule has 0 aromatic rings. The first-order chi connectivity index (χ1) is 6.75. The van der Waals surface area contributed by atoms with Crippen LogP contribution in [-0.4, -0.2) is 29.9 Å². The molecular formula is C11H19ClN2O. The Morgan fingerprint density at radius 3 is 2.53 bits per heavy atom. The van der Waals surface area contributed by atoms with Gasteiger partial charge in [-0.1, -0.05) is 0 Å². The van der Waals surface area contributed by atoms with Gasteiger partial charge in [-0.3, -0.25) is 4.79 Å². The Labute approximate surface area is 96.8 Å². The van der Waals surface area contributed by atoms with Crippen LogP contribution in [0.4, 0.5) is 0 Å². The van der Waals surface area contributed by atoms with Gasteiger partial charge in [-0.25, -0.2) is 0 Å². The number of hydrogen-bond donors (Lipinski definition) is 1. The summed E-state index contributed by atoms with van der Waals surface area (Å²) >= 11 is 0. The Balaban J connectivity index is 0.000000853. The normalized spacial score (nSPS) is 38.7. The third-order valence-electron chi connectivity index (χ3n) is 3.92. The number of carbonyl (C=O) groups is 1. The molecule has 0 bridgehead atoms. The monoisotopic (exact) mass is 230 g/mol. The smallest absolute Gasteiger partial charge is 0.226 e. The van der Waals surface area contributed by atoms with Crippen LogP contribution in [0.2, 0.25) is 0 Å². The molecule has 3 atom stereocenters. The second-order valence-corrected chi connectivity index (χ2v) is 5.18. The SMILES string of the molecule is Cl.N[C@@H]1CCN(C(=O)C2CC2C2CC2)C1. The number of rotatable bonds is 2. The van der Waals surface area contributed by atoms with Gasteiger partial charge in [0.05, 0.1) is 0 Å². The first-order valence-corrected chi connectivity index (χ1v) is 5.80. The van der Waals surface area contributed by atoms with E-state index >= 15 is 0 Å². The molecule has 2 N–H and O–H groups in total. The Kier molecular flexibility index (Phi) is 2.95. The van der Waals surface area contributed by atoms with E-state index in [-0.39, 0.29) is 18.4 Å². The van der Waals surface area contributed by atoms with Crippen molar-refractivity contribution in [1.82, 2.24) is 4.90 Å². The van der Waals surface area contributed by atoms with E-state index in [0.717, 1.165) is 37.8 Å². The summed E-state index contributed by atoms with van der Waals surface area (Å²) in [5, 5.41) is 0. The molecule has 86 valence electrons. The van der Waals surface area contributed by atoms with Gasteiger partial charge in [0.25, 0.3) is 0 Å². The van der Waals surface area contributed by atoms with Crippen LogP contribution in [0.3, 0.4) is 0 Å². The van der Waals surface area contributed by atoms with E-state index in [4.69, 9.17) is 5.73 Å². The molecule has 0 aromatic carbocycles. The average Bonchev–Trinajstić information content (AvgIpc) is 3.02. The Bertz CT molecular complexity index is 267. The maximum Gasteiger partial charge on any atom is 0.226 e. The third-order valence-corrected chi connectivity index (χ3v) is 3.92. The first-order valence-electron chi connectivity index (χ1n) is 5.80. The molecule has 2 aliphatic carbocycles. The lowest BCUT2D eigenvalue weighted by Crippen LogP contribution is -2.33. The Morgan fingerprint density at radius 1 is 1.27 bits per heavy atom. The van der Waals surface area contributed by atoms with Gasteiger partial charge in [-0.2, -0.15) is 0 Å². The summed E-state index contributed by atoms with van der Waals surface area (Å²) < 4.78 is 0. The highest BCUT2D eigenvalue weighted by molar-refractivity contribution is 5.85. The predicted octanol–water partition coefficient (Wildman–Crippen LogP) is 1.01. The fraction of sp³-hybridized carbons (Fsp3) is 0.909. The van der Waals surface area contributed by atoms with Gasteiger partial charge in [-0.15, -0.1) is 12.4 Å². The van der Waals surface area contributed by atoms with E-state index in [9.17, 15) is 4.79 Å². The zero-order valence-electron chi connectivity index (χ0n) is 8.89. The van der Waals surface area contributed by atoms with Crippen LogP contribution < -0.4 is 5.73 Å². The van der Waals surface area contributed by atoms with Crippen LogP contribution in [-0.2, 0) is 4.79 Å². The summed E-state index contributed by atoms with van der Waals surface area (Å²) in [5.74, 6) is 2.43. The molecular weight excluding hydrogens is 212 g/mol. The van der Waals surface area contributed by atoms with Gasteiger partial charge in [0.15, 0.2) is 0 Å². The van der Waals surface area contributed by atoms with Crippen molar-refractivity contribution >= 4 is 18.3 Å². The van der Waals surface area contributed by atoms with Crippen molar-refractivity contribution in [1.29, 1.82) is 0 Å². The van der Waals surface area contributed by atoms with Gasteiger partial charge in [0.1, 0.15) is 0 Å². The van der Waals surface area contributed by atoms with Crippen LogP contribution in [0.5, 0.6) is 0 Å². The van der Waals surface area contributed by atoms with Crippen LogP contribution in [0.25, 0.3) is 0 Å². The lowest BCUT2D eigenvalue weighted by atomic mass is 10.2. The summed E-state index contributed by atoms with van der Waals surface area (Å²) in [6.07, 6.45) is 4.89. The number of nitrogens with two attached hydrogens (primary N) is 1. The summed E-state index contributed by atoms with van der Waals surface area (Å²) in [7, 11) is 0. The quantitative estimate of drug-likeness (QED) is 0.770. The number of amides is 1. The minimum absolute atomic E-state index is 0. The number of hydrogen-bond acceptors (Lipinski definition) is 2. The molecule has 1 heterocycles. The van der Waals surface area contributed by atoms with Crippen molar-refractivity contribution in [3.05, 3.63) is 0 Å². The summed E-state index contributed by atoms with van der Waals surface area (Å²) in [6, 6.07) is 0.233. The molecule has 0 aromatic heterocycles. The second-order valence-electron chi connectivity index (χ2n) is 5.18. The second kappa shape index (κ2) is 3.95. The standard InChI is InChI=1S/C11H18N2O.ClH/c12-8-3-4-13(6-8)11(14)10-5-9(10)7-1-2-7;/h7-10H,1-6,12H2;1H/t8-,9?,10?;/m1./s1. The van der Waals surface area contributed by atoms with E-state index in [1.807, 2.05) is 4.90 Å². The van der Waals surface area contributed by atoms with E-state index < -0.39 is 0 Å². The van der Waals surface area contributed by atoms with Crippen molar-refractivity contribution in [2.45, 2.75) is 31.7 Å². The van der Waals surface area contributed by atoms with E-state index in [1.54, 1.807) is 0 Å². The molecule has 2 saturated carbocycles. The third kappa shape index (κ3) is 2.13. The van der Waals surface area contributed by atoms with Gasteiger partial charge >= 0.3 is 0 Å². The highest BCUT2D eigenvalue weighted by atomic mass is 35.5. The fourth-order valence-corrected chi connectivity index (χ4v) is 2.77. The molecule has 4 heteroatoms. The predicted molar refractivity (Wildman–Crippen MR) is 60.7 cm³/mol. The van der Waals surface area contributed by atoms with Gasteiger partial charge < -0.3 is 10.6 Å². The van der Waals surface area contributed by atoms with Crippen LogP contribution in [0.1, 0.15) is 25.7 Å². The highest BCUT2D eigenvalue weighted by Gasteiger charge is 2.52. The molecule has 2 unspecified atom stereocenters. The summed E-state index contributed by atoms with van der Waals surface area (Å²) in [5.41, 5.74) is 5.80. The maximum absolute atomic E-state index is 12.0. The van der Waals surface area contributed by atoms with Crippen molar-refractivity contribution < 1.29 is 4.79 Å². The average molecular weight is 231 g/mol. The zero-order valence-corrected chi connectivity index (χ0v) is 9.71. The van der Waals surface area contributed by atoms with Crippen molar-refractivity contribution in [2.24, 2.45) is 23.5 Å². The molecule has 3 nitrogen and oxygen atoms in total. The zero-order chi connectivity index (χ0) is 9.71.